The van der Waals surface area contributed by atoms with Gasteiger partial charge >= 0.3 is 0 Å². The van der Waals surface area contributed by atoms with E-state index in [0.29, 0.717) is 5.16 Å². The Morgan fingerprint density at radius 1 is 1.25 bits per heavy atom. The number of anilines is 1. The Labute approximate surface area is 169 Å². The highest BCUT2D eigenvalue weighted by Gasteiger charge is 2.14. The second-order valence-corrected chi connectivity index (χ2v) is 7.58. The van der Waals surface area contributed by atoms with Crippen molar-refractivity contribution in [3.05, 3.63) is 41.2 Å². The van der Waals surface area contributed by atoms with Gasteiger partial charge in [0.15, 0.2) is 5.16 Å². The number of hydrogen-bond acceptors (Lipinski definition) is 7. The van der Waals surface area contributed by atoms with Gasteiger partial charge in [-0.3, -0.25) is 4.79 Å². The van der Waals surface area contributed by atoms with Crippen molar-refractivity contribution in [3.63, 3.8) is 0 Å². The van der Waals surface area contributed by atoms with Crippen LogP contribution in [-0.2, 0) is 4.79 Å². The summed E-state index contributed by atoms with van der Waals surface area (Å²) in [5, 5.41) is 4.65. The minimum absolute atomic E-state index is 0.200. The zero-order chi connectivity index (χ0) is 19.9. The molecule has 1 aliphatic heterocycles. The van der Waals surface area contributed by atoms with Crippen molar-refractivity contribution < 1.29 is 9.53 Å². The lowest BCUT2D eigenvalue weighted by Gasteiger charge is -2.18. The molecule has 1 fully saturated rings. The van der Waals surface area contributed by atoms with Gasteiger partial charge in [-0.1, -0.05) is 11.8 Å². The van der Waals surface area contributed by atoms with Crippen LogP contribution in [0.2, 0.25) is 0 Å². The molecule has 0 aliphatic carbocycles. The van der Waals surface area contributed by atoms with E-state index in [9.17, 15) is 4.79 Å². The highest BCUT2D eigenvalue weighted by molar-refractivity contribution is 7.99. The third-order valence-corrected chi connectivity index (χ3v) is 5.22. The van der Waals surface area contributed by atoms with Gasteiger partial charge in [0.25, 0.3) is 5.91 Å². The molecule has 1 amide bonds. The summed E-state index contributed by atoms with van der Waals surface area (Å²) in [7, 11) is 1.64. The molecule has 2 aromatic rings. The molecule has 0 radical (unpaired) electrons. The molecule has 0 unspecified atom stereocenters. The molecule has 1 aromatic heterocycles. The van der Waals surface area contributed by atoms with Crippen molar-refractivity contribution in [1.82, 2.24) is 15.4 Å². The average molecular weight is 400 g/mol. The zero-order valence-corrected chi connectivity index (χ0v) is 17.3. The number of benzene rings is 1. The smallest absolute Gasteiger partial charge is 0.250 e. The van der Waals surface area contributed by atoms with E-state index in [1.54, 1.807) is 13.3 Å². The maximum absolute atomic E-state index is 12.0. The predicted molar refractivity (Wildman–Crippen MR) is 112 cm³/mol. The lowest BCUT2D eigenvalue weighted by atomic mass is 10.2. The van der Waals surface area contributed by atoms with E-state index >= 15 is 0 Å². The van der Waals surface area contributed by atoms with Gasteiger partial charge < -0.3 is 9.64 Å². The first kappa shape index (κ1) is 20.1. The number of methoxy groups -OCH3 is 1. The second kappa shape index (κ2) is 9.54. The first-order chi connectivity index (χ1) is 13.5. The van der Waals surface area contributed by atoms with Gasteiger partial charge in [-0.15, -0.1) is 0 Å². The van der Waals surface area contributed by atoms with E-state index in [1.807, 2.05) is 32.0 Å². The Kier molecular flexibility index (Phi) is 6.86. The monoisotopic (exact) mass is 399 g/mol. The number of hydrazone groups is 1. The molecular weight excluding hydrogens is 374 g/mol. The molecule has 8 heteroatoms. The minimum Gasteiger partial charge on any atom is -0.496 e. The summed E-state index contributed by atoms with van der Waals surface area (Å²) in [5.41, 5.74) is 6.28. The molecule has 2 heterocycles. The number of aryl methyl sites for hydroxylation is 2. The summed E-state index contributed by atoms with van der Waals surface area (Å²) in [4.78, 5) is 23.0. The van der Waals surface area contributed by atoms with Crippen LogP contribution in [-0.4, -0.2) is 48.0 Å². The van der Waals surface area contributed by atoms with E-state index in [0.717, 1.165) is 41.5 Å². The molecule has 0 saturated carbocycles. The molecule has 1 aromatic carbocycles. The van der Waals surface area contributed by atoms with Gasteiger partial charge in [0, 0.05) is 41.8 Å². The summed E-state index contributed by atoms with van der Waals surface area (Å²) in [6.07, 6.45) is 4.05. The van der Waals surface area contributed by atoms with Crippen LogP contribution in [0.1, 0.15) is 29.8 Å². The van der Waals surface area contributed by atoms with Crippen LogP contribution in [0.5, 0.6) is 5.75 Å². The Morgan fingerprint density at radius 2 is 1.96 bits per heavy atom. The molecule has 1 aliphatic rings. The van der Waals surface area contributed by atoms with E-state index in [4.69, 9.17) is 4.74 Å². The normalized spacial score (nSPS) is 13.9. The summed E-state index contributed by atoms with van der Waals surface area (Å²) in [6.45, 7) is 5.97. The number of aromatic nitrogens is 2. The average Bonchev–Trinajstić information content (AvgIpc) is 3.20. The predicted octanol–water partition coefficient (Wildman–Crippen LogP) is 2.94. The van der Waals surface area contributed by atoms with Gasteiger partial charge in [-0.25, -0.2) is 15.4 Å². The fraction of sp³-hybridized carbons (Fsp3) is 0.400. The fourth-order valence-electron chi connectivity index (χ4n) is 3.07. The molecule has 1 N–H and O–H groups in total. The Hall–Kier alpha value is -2.61. The standard InChI is InChI=1S/C20H25N5O2S/c1-14-10-15(2)23-20(22-14)28-13-19(26)24-21-12-16-6-7-17(11-18(16)27-3)25-8-4-5-9-25/h6-7,10-12H,4-5,8-9,13H2,1-3H3,(H,24,26)/b21-12-. The fourth-order valence-corrected chi connectivity index (χ4v) is 3.81. The van der Waals surface area contributed by atoms with Crippen LogP contribution in [0.3, 0.4) is 0 Å². The van der Waals surface area contributed by atoms with E-state index in [1.165, 1.54) is 24.6 Å². The number of amides is 1. The second-order valence-electron chi connectivity index (χ2n) is 6.64. The first-order valence-corrected chi connectivity index (χ1v) is 10.2. The number of carbonyl (C=O) groups is 1. The van der Waals surface area contributed by atoms with Crippen molar-refractivity contribution in [1.29, 1.82) is 0 Å². The van der Waals surface area contributed by atoms with Gasteiger partial charge in [0.05, 0.1) is 19.1 Å². The van der Waals surface area contributed by atoms with Crippen LogP contribution >= 0.6 is 11.8 Å². The quantitative estimate of drug-likeness (QED) is 0.334. The highest BCUT2D eigenvalue weighted by atomic mass is 32.2. The number of nitrogens with zero attached hydrogens (tertiary/aromatic N) is 4. The third kappa shape index (κ3) is 5.45. The largest absolute Gasteiger partial charge is 0.496 e. The summed E-state index contributed by atoms with van der Waals surface area (Å²) < 4.78 is 5.48. The molecule has 0 bridgehead atoms. The van der Waals surface area contributed by atoms with Crippen molar-refractivity contribution in [3.8, 4) is 5.75 Å². The lowest BCUT2D eigenvalue weighted by molar-refractivity contribution is -0.118. The Balaban J connectivity index is 1.55. The number of carbonyl (C=O) groups excluding carboxylic acids is 1. The summed E-state index contributed by atoms with van der Waals surface area (Å²) in [5.74, 6) is 0.725. The molecular formula is C20H25N5O2S. The van der Waals surface area contributed by atoms with Gasteiger partial charge in [0.2, 0.25) is 0 Å². The van der Waals surface area contributed by atoms with Crippen molar-refractivity contribution in [2.24, 2.45) is 5.10 Å². The number of rotatable bonds is 7. The Morgan fingerprint density at radius 3 is 2.64 bits per heavy atom. The topological polar surface area (TPSA) is 79.7 Å². The molecule has 1 saturated heterocycles. The van der Waals surface area contributed by atoms with Crippen LogP contribution in [0.15, 0.2) is 34.5 Å². The lowest BCUT2D eigenvalue weighted by Crippen LogP contribution is -2.20. The Bertz CT molecular complexity index is 845. The van der Waals surface area contributed by atoms with Gasteiger partial charge in [-0.05, 0) is 44.9 Å². The maximum atomic E-state index is 12.0. The van der Waals surface area contributed by atoms with Crippen LogP contribution < -0.4 is 15.1 Å². The summed E-state index contributed by atoms with van der Waals surface area (Å²) >= 11 is 1.29. The van der Waals surface area contributed by atoms with Crippen molar-refractivity contribution in [2.75, 3.05) is 30.9 Å². The molecule has 0 atom stereocenters. The molecule has 7 nitrogen and oxygen atoms in total. The number of hydrogen-bond donors (Lipinski definition) is 1. The van der Waals surface area contributed by atoms with Gasteiger partial charge in [0.1, 0.15) is 5.75 Å². The first-order valence-electron chi connectivity index (χ1n) is 9.25. The third-order valence-electron chi connectivity index (χ3n) is 4.38. The molecule has 28 heavy (non-hydrogen) atoms. The number of nitrogens with one attached hydrogen (secondary N) is 1. The molecule has 148 valence electrons. The summed E-state index contributed by atoms with van der Waals surface area (Å²) in [6, 6.07) is 7.93. The van der Waals surface area contributed by atoms with E-state index < -0.39 is 0 Å². The SMILES string of the molecule is COc1cc(N2CCCC2)ccc1/C=N\NC(=O)CSc1nc(C)cc(C)n1. The minimum atomic E-state index is -0.211. The zero-order valence-electron chi connectivity index (χ0n) is 16.4. The van der Waals surface area contributed by atoms with Crippen molar-refractivity contribution in [2.45, 2.75) is 31.8 Å². The van der Waals surface area contributed by atoms with Crippen LogP contribution in [0.4, 0.5) is 5.69 Å². The maximum Gasteiger partial charge on any atom is 0.250 e. The van der Waals surface area contributed by atoms with E-state index in [-0.39, 0.29) is 11.7 Å². The number of ether oxygens (including phenoxy) is 1. The van der Waals surface area contributed by atoms with E-state index in [2.05, 4.69) is 31.5 Å². The molecule has 3 rings (SSSR count). The van der Waals surface area contributed by atoms with Crippen LogP contribution in [0.25, 0.3) is 0 Å². The van der Waals surface area contributed by atoms with Crippen LogP contribution in [0, 0.1) is 13.8 Å². The highest BCUT2D eigenvalue weighted by Crippen LogP contribution is 2.27. The van der Waals surface area contributed by atoms with Gasteiger partial charge in [-0.2, -0.15) is 5.10 Å². The van der Waals surface area contributed by atoms with Crippen molar-refractivity contribution >= 4 is 29.6 Å². The number of thioether (sulfide) groups is 1. The molecule has 0 spiro atoms.